The minimum absolute atomic E-state index is 0.00573. The summed E-state index contributed by atoms with van der Waals surface area (Å²) in [6.07, 6.45) is -2.73. The summed E-state index contributed by atoms with van der Waals surface area (Å²) in [5.41, 5.74) is 0.748. The summed E-state index contributed by atoms with van der Waals surface area (Å²) in [6, 6.07) is 4.44. The third-order valence-corrected chi connectivity index (χ3v) is 4.62. The van der Waals surface area contributed by atoms with Crippen LogP contribution in [0, 0.1) is 0 Å². The van der Waals surface area contributed by atoms with Crippen molar-refractivity contribution in [1.29, 1.82) is 0 Å². The fourth-order valence-electron chi connectivity index (χ4n) is 3.22. The third-order valence-electron chi connectivity index (χ3n) is 4.62. The molecular formula is C20H27F3N2O5. The number of piperidine rings is 1. The first-order valence-electron chi connectivity index (χ1n) is 9.79. The Morgan fingerprint density at radius 2 is 2.03 bits per heavy atom. The van der Waals surface area contributed by atoms with E-state index in [0.717, 1.165) is 18.4 Å². The highest BCUT2D eigenvalue weighted by molar-refractivity contribution is 5.77. The summed E-state index contributed by atoms with van der Waals surface area (Å²) in [7, 11) is 1.34. The Morgan fingerprint density at radius 1 is 1.27 bits per heavy atom. The monoisotopic (exact) mass is 432 g/mol. The molecule has 1 atom stereocenters. The molecule has 1 aromatic rings. The van der Waals surface area contributed by atoms with Gasteiger partial charge in [-0.05, 0) is 43.9 Å². The normalized spacial score (nSPS) is 16.7. The van der Waals surface area contributed by atoms with Gasteiger partial charge in [0.05, 0.1) is 13.7 Å². The van der Waals surface area contributed by atoms with Gasteiger partial charge in [-0.2, -0.15) is 13.2 Å². The molecule has 0 radical (unpaired) electrons. The van der Waals surface area contributed by atoms with Crippen molar-refractivity contribution in [3.05, 3.63) is 23.8 Å². The molecule has 30 heavy (non-hydrogen) atoms. The van der Waals surface area contributed by atoms with Crippen molar-refractivity contribution in [2.24, 2.45) is 0 Å². The van der Waals surface area contributed by atoms with E-state index in [1.807, 2.05) is 0 Å². The molecule has 1 fully saturated rings. The Bertz CT molecular complexity index is 727. The summed E-state index contributed by atoms with van der Waals surface area (Å²) >= 11 is 0. The molecule has 0 aromatic heterocycles. The number of carbonyl (C=O) groups is 2. The number of amides is 2. The van der Waals surface area contributed by atoms with Gasteiger partial charge < -0.3 is 24.4 Å². The number of halogens is 3. The molecule has 0 bridgehead atoms. The SMILES string of the molecule is CCOC(=O)NC1CCCN(C(=O)CCc2ccc(OCC(F)(F)F)c(OC)c2)C1. The Labute approximate surface area is 173 Å². The van der Waals surface area contributed by atoms with Crippen LogP contribution in [-0.4, -0.2) is 62.5 Å². The van der Waals surface area contributed by atoms with E-state index in [4.69, 9.17) is 14.2 Å². The van der Waals surface area contributed by atoms with Crippen LogP contribution < -0.4 is 14.8 Å². The highest BCUT2D eigenvalue weighted by Crippen LogP contribution is 2.30. The topological polar surface area (TPSA) is 77.1 Å². The average molecular weight is 432 g/mol. The molecule has 7 nitrogen and oxygen atoms in total. The molecule has 1 aliphatic rings. The standard InChI is InChI=1S/C20H27F3N2O5/c1-3-29-19(27)24-15-5-4-10-25(12-15)18(26)9-7-14-6-8-16(17(11-14)28-2)30-13-20(21,22)23/h6,8,11,15H,3-5,7,9-10,12-13H2,1-2H3,(H,24,27). The Balaban J connectivity index is 1.88. The predicted molar refractivity (Wildman–Crippen MR) is 103 cm³/mol. The predicted octanol–water partition coefficient (Wildman–Crippen LogP) is 3.31. The van der Waals surface area contributed by atoms with E-state index in [0.29, 0.717) is 19.5 Å². The zero-order chi connectivity index (χ0) is 22.1. The van der Waals surface area contributed by atoms with Crippen LogP contribution in [-0.2, 0) is 16.0 Å². The fourth-order valence-corrected chi connectivity index (χ4v) is 3.22. The average Bonchev–Trinajstić information content (AvgIpc) is 2.70. The molecule has 1 N–H and O–H groups in total. The maximum atomic E-state index is 12.6. The van der Waals surface area contributed by atoms with Crippen molar-refractivity contribution >= 4 is 12.0 Å². The first-order valence-corrected chi connectivity index (χ1v) is 9.79. The maximum Gasteiger partial charge on any atom is 0.422 e. The number of hydrogen-bond donors (Lipinski definition) is 1. The quantitative estimate of drug-likeness (QED) is 0.682. The number of likely N-dealkylation sites (tertiary alicyclic amines) is 1. The van der Waals surface area contributed by atoms with Gasteiger partial charge in [-0.3, -0.25) is 4.79 Å². The molecule has 2 amide bonds. The first-order chi connectivity index (χ1) is 14.2. The second-order valence-corrected chi connectivity index (χ2v) is 6.93. The summed E-state index contributed by atoms with van der Waals surface area (Å²) < 4.78 is 51.8. The van der Waals surface area contributed by atoms with Crippen LogP contribution in [0.15, 0.2) is 18.2 Å². The second kappa shape index (κ2) is 10.9. The van der Waals surface area contributed by atoms with Gasteiger partial charge in [0.15, 0.2) is 18.1 Å². The Hall–Kier alpha value is -2.65. The smallest absolute Gasteiger partial charge is 0.422 e. The van der Waals surface area contributed by atoms with E-state index in [9.17, 15) is 22.8 Å². The lowest BCUT2D eigenvalue weighted by atomic mass is 10.0. The van der Waals surface area contributed by atoms with E-state index in [1.165, 1.54) is 13.2 Å². The number of carbonyl (C=O) groups excluding carboxylic acids is 2. The maximum absolute atomic E-state index is 12.6. The van der Waals surface area contributed by atoms with Gasteiger partial charge in [-0.1, -0.05) is 6.07 Å². The van der Waals surface area contributed by atoms with E-state index in [1.54, 1.807) is 24.0 Å². The molecule has 168 valence electrons. The van der Waals surface area contributed by atoms with Crippen LogP contribution in [0.2, 0.25) is 0 Å². The fraction of sp³-hybridized carbons (Fsp3) is 0.600. The van der Waals surface area contributed by atoms with Gasteiger partial charge in [0, 0.05) is 25.6 Å². The van der Waals surface area contributed by atoms with Crippen LogP contribution in [0.3, 0.4) is 0 Å². The summed E-state index contributed by atoms with van der Waals surface area (Å²) in [5.74, 6) is 0.122. The zero-order valence-electron chi connectivity index (χ0n) is 17.1. The van der Waals surface area contributed by atoms with Crippen LogP contribution >= 0.6 is 0 Å². The van der Waals surface area contributed by atoms with Gasteiger partial charge in [0.1, 0.15) is 0 Å². The Kier molecular flexibility index (Phi) is 8.61. The van der Waals surface area contributed by atoms with Crippen molar-refractivity contribution in [3.8, 4) is 11.5 Å². The lowest BCUT2D eigenvalue weighted by molar-refractivity contribution is -0.153. The van der Waals surface area contributed by atoms with Gasteiger partial charge in [-0.25, -0.2) is 4.79 Å². The summed E-state index contributed by atoms with van der Waals surface area (Å²) in [6.45, 7) is 1.64. The summed E-state index contributed by atoms with van der Waals surface area (Å²) in [4.78, 5) is 25.8. The van der Waals surface area contributed by atoms with Crippen molar-refractivity contribution in [2.45, 2.75) is 44.8 Å². The number of nitrogens with zero attached hydrogens (tertiary/aromatic N) is 1. The Morgan fingerprint density at radius 3 is 2.70 bits per heavy atom. The van der Waals surface area contributed by atoms with Crippen molar-refractivity contribution in [3.63, 3.8) is 0 Å². The van der Waals surface area contributed by atoms with Gasteiger partial charge >= 0.3 is 12.3 Å². The molecule has 1 aliphatic heterocycles. The third kappa shape index (κ3) is 7.64. The van der Waals surface area contributed by atoms with Crippen molar-refractivity contribution < 1.29 is 37.0 Å². The van der Waals surface area contributed by atoms with Crippen molar-refractivity contribution in [1.82, 2.24) is 10.2 Å². The number of alkyl carbamates (subject to hydrolysis) is 1. The van der Waals surface area contributed by atoms with Crippen LogP contribution in [0.5, 0.6) is 11.5 Å². The van der Waals surface area contributed by atoms with E-state index >= 15 is 0 Å². The van der Waals surface area contributed by atoms with E-state index in [2.05, 4.69) is 5.32 Å². The van der Waals surface area contributed by atoms with Gasteiger partial charge in [0.2, 0.25) is 5.91 Å². The number of rotatable bonds is 8. The van der Waals surface area contributed by atoms with E-state index < -0.39 is 18.9 Å². The molecule has 0 aliphatic carbocycles. The van der Waals surface area contributed by atoms with Gasteiger partial charge in [-0.15, -0.1) is 0 Å². The molecule has 1 unspecified atom stereocenters. The molecule has 2 rings (SSSR count). The first kappa shape index (κ1) is 23.6. The molecule has 1 aromatic carbocycles. The minimum atomic E-state index is -4.44. The largest absolute Gasteiger partial charge is 0.493 e. The molecule has 0 saturated carbocycles. The van der Waals surface area contributed by atoms with Crippen molar-refractivity contribution in [2.75, 3.05) is 33.4 Å². The lowest BCUT2D eigenvalue weighted by Gasteiger charge is -2.33. The molecular weight excluding hydrogens is 405 g/mol. The number of hydrogen-bond acceptors (Lipinski definition) is 5. The summed E-state index contributed by atoms with van der Waals surface area (Å²) in [5, 5.41) is 2.76. The molecule has 10 heteroatoms. The lowest BCUT2D eigenvalue weighted by Crippen LogP contribution is -2.49. The van der Waals surface area contributed by atoms with Crippen LogP contribution in [0.1, 0.15) is 31.7 Å². The van der Waals surface area contributed by atoms with Crippen LogP contribution in [0.4, 0.5) is 18.0 Å². The second-order valence-electron chi connectivity index (χ2n) is 6.93. The van der Waals surface area contributed by atoms with Crippen LogP contribution in [0.25, 0.3) is 0 Å². The number of alkyl halides is 3. The number of methoxy groups -OCH3 is 1. The van der Waals surface area contributed by atoms with Gasteiger partial charge in [0.25, 0.3) is 0 Å². The molecule has 0 spiro atoms. The zero-order valence-corrected chi connectivity index (χ0v) is 17.1. The van der Waals surface area contributed by atoms with E-state index in [-0.39, 0.29) is 36.5 Å². The number of benzene rings is 1. The molecule has 1 heterocycles. The number of ether oxygens (including phenoxy) is 3. The minimum Gasteiger partial charge on any atom is -0.493 e. The number of aryl methyl sites for hydroxylation is 1. The molecule has 1 saturated heterocycles. The highest BCUT2D eigenvalue weighted by Gasteiger charge is 2.29. The highest BCUT2D eigenvalue weighted by atomic mass is 19.4. The number of nitrogens with one attached hydrogen (secondary N) is 1.